The van der Waals surface area contributed by atoms with Crippen molar-refractivity contribution in [1.29, 1.82) is 0 Å². The summed E-state index contributed by atoms with van der Waals surface area (Å²) in [6.45, 7) is 0.815. The molecule has 1 amide bonds. The monoisotopic (exact) mass is 342 g/mol. The first-order chi connectivity index (χ1) is 11.3. The Hall–Kier alpha value is -2.59. The summed E-state index contributed by atoms with van der Waals surface area (Å²) >= 11 is 0. The third-order valence-electron chi connectivity index (χ3n) is 4.53. The van der Waals surface area contributed by atoms with E-state index in [4.69, 9.17) is 0 Å². The van der Waals surface area contributed by atoms with Crippen LogP contribution in [-0.2, 0) is 6.18 Å². The quantitative estimate of drug-likeness (QED) is 0.845. The van der Waals surface area contributed by atoms with Crippen LogP contribution in [0, 0.1) is 0 Å². The predicted octanol–water partition coefficient (Wildman–Crippen LogP) is 1.47. The molecule has 0 aromatic carbocycles. The summed E-state index contributed by atoms with van der Waals surface area (Å²) in [6.07, 6.45) is -4.11. The maximum absolute atomic E-state index is 13.0. The number of amides is 1. The molecule has 4 rings (SSSR count). The molecule has 2 fully saturated rings. The Morgan fingerprint density at radius 1 is 1.17 bits per heavy atom. The average molecular weight is 342 g/mol. The van der Waals surface area contributed by atoms with Gasteiger partial charge in [0, 0.05) is 13.1 Å². The van der Waals surface area contributed by atoms with Crippen LogP contribution in [0.15, 0.2) is 12.1 Å². The second kappa shape index (κ2) is 4.95. The number of carboxylic acid groups (broad SMARTS) is 1. The Bertz CT molecular complexity index is 793. The number of hydrogen-bond acceptors (Lipinski definition) is 5. The Kier molecular flexibility index (Phi) is 3.09. The van der Waals surface area contributed by atoms with E-state index in [1.54, 1.807) is 6.07 Å². The molecule has 11 heteroatoms. The summed E-state index contributed by atoms with van der Waals surface area (Å²) in [6, 6.07) is 2.68. The lowest BCUT2D eigenvalue weighted by Crippen LogP contribution is -2.55. The smallest absolute Gasteiger partial charge is 0.453 e. The second-order valence-electron chi connectivity index (χ2n) is 5.96. The number of piperazine rings is 1. The highest BCUT2D eigenvalue weighted by atomic mass is 19.4. The first kappa shape index (κ1) is 15.0. The Morgan fingerprint density at radius 3 is 2.42 bits per heavy atom. The van der Waals surface area contributed by atoms with Gasteiger partial charge in [0.05, 0.1) is 12.1 Å². The van der Waals surface area contributed by atoms with Gasteiger partial charge in [-0.15, -0.1) is 15.3 Å². The van der Waals surface area contributed by atoms with Gasteiger partial charge in [0.15, 0.2) is 5.65 Å². The van der Waals surface area contributed by atoms with Crippen LogP contribution in [0.2, 0.25) is 0 Å². The van der Waals surface area contributed by atoms with Crippen molar-refractivity contribution >= 4 is 17.6 Å². The van der Waals surface area contributed by atoms with E-state index in [9.17, 15) is 23.1 Å². The van der Waals surface area contributed by atoms with Gasteiger partial charge in [-0.25, -0.2) is 4.79 Å². The van der Waals surface area contributed by atoms with Crippen molar-refractivity contribution in [3.05, 3.63) is 18.0 Å². The molecule has 2 aliphatic rings. The van der Waals surface area contributed by atoms with E-state index in [1.165, 1.54) is 11.0 Å². The molecule has 0 aliphatic carbocycles. The van der Waals surface area contributed by atoms with Gasteiger partial charge in [-0.05, 0) is 25.0 Å². The van der Waals surface area contributed by atoms with Gasteiger partial charge in [-0.3, -0.25) is 4.90 Å². The van der Waals surface area contributed by atoms with Crippen molar-refractivity contribution in [2.75, 3.05) is 18.0 Å². The predicted molar refractivity (Wildman–Crippen MR) is 74.7 cm³/mol. The fourth-order valence-electron chi connectivity index (χ4n) is 3.53. The number of hydrogen-bond donors (Lipinski definition) is 1. The summed E-state index contributed by atoms with van der Waals surface area (Å²) in [4.78, 5) is 14.6. The van der Waals surface area contributed by atoms with Crippen LogP contribution in [0.25, 0.3) is 5.65 Å². The second-order valence-corrected chi connectivity index (χ2v) is 5.96. The van der Waals surface area contributed by atoms with E-state index < -0.39 is 18.1 Å². The van der Waals surface area contributed by atoms with Gasteiger partial charge in [0.1, 0.15) is 5.82 Å². The Labute approximate surface area is 133 Å². The number of anilines is 1. The summed E-state index contributed by atoms with van der Waals surface area (Å²) in [7, 11) is 0. The van der Waals surface area contributed by atoms with Crippen molar-refractivity contribution in [1.82, 2.24) is 24.7 Å². The van der Waals surface area contributed by atoms with Crippen LogP contribution < -0.4 is 4.90 Å². The highest BCUT2D eigenvalue weighted by Gasteiger charge is 2.43. The lowest BCUT2D eigenvalue weighted by molar-refractivity contribution is -0.146. The fourth-order valence-corrected chi connectivity index (χ4v) is 3.53. The van der Waals surface area contributed by atoms with Gasteiger partial charge in [-0.1, -0.05) is 0 Å². The lowest BCUT2D eigenvalue weighted by atomic mass is 10.2. The zero-order chi connectivity index (χ0) is 17.1. The standard InChI is InChI=1S/C13H13F3N6O2/c14-13(15,16)11-18-17-9-3-4-10(19-22(9)11)20-5-7-1-2-8(6-20)21(7)12(23)24/h3-4,7-8H,1-2,5-6H2,(H,23,24)/t7-,8+. The minimum absolute atomic E-state index is 0.0122. The number of rotatable bonds is 1. The first-order valence-corrected chi connectivity index (χ1v) is 7.40. The zero-order valence-corrected chi connectivity index (χ0v) is 12.3. The molecule has 128 valence electrons. The summed E-state index contributed by atoms with van der Waals surface area (Å²) in [5, 5.41) is 19.9. The number of carbonyl (C=O) groups is 1. The van der Waals surface area contributed by atoms with E-state index in [2.05, 4.69) is 15.3 Å². The van der Waals surface area contributed by atoms with Crippen LogP contribution in [-0.4, -0.2) is 61.1 Å². The summed E-state index contributed by atoms with van der Waals surface area (Å²) in [5.74, 6) is -0.818. The minimum Gasteiger partial charge on any atom is -0.465 e. The molecule has 0 unspecified atom stereocenters. The molecule has 1 N–H and O–H groups in total. The van der Waals surface area contributed by atoms with E-state index in [0.717, 1.165) is 12.8 Å². The highest BCUT2D eigenvalue weighted by molar-refractivity contribution is 5.67. The van der Waals surface area contributed by atoms with Crippen molar-refractivity contribution in [2.45, 2.75) is 31.1 Å². The molecule has 2 aliphatic heterocycles. The van der Waals surface area contributed by atoms with Gasteiger partial charge in [0.2, 0.25) is 0 Å². The Morgan fingerprint density at radius 2 is 1.83 bits per heavy atom. The maximum atomic E-state index is 13.0. The Balaban J connectivity index is 1.67. The average Bonchev–Trinajstić information content (AvgIpc) is 3.05. The number of alkyl halides is 3. The van der Waals surface area contributed by atoms with E-state index in [1.807, 2.05) is 4.90 Å². The zero-order valence-electron chi connectivity index (χ0n) is 12.3. The molecule has 2 bridgehead atoms. The molecule has 2 atom stereocenters. The van der Waals surface area contributed by atoms with Gasteiger partial charge in [-0.2, -0.15) is 17.7 Å². The molecule has 0 radical (unpaired) electrons. The van der Waals surface area contributed by atoms with Gasteiger partial charge in [0.25, 0.3) is 5.82 Å². The maximum Gasteiger partial charge on any atom is 0.453 e. The molecule has 8 nitrogen and oxygen atoms in total. The van der Waals surface area contributed by atoms with Crippen LogP contribution in [0.1, 0.15) is 18.7 Å². The molecular formula is C13H13F3N6O2. The van der Waals surface area contributed by atoms with Crippen LogP contribution in [0.4, 0.5) is 23.8 Å². The lowest BCUT2D eigenvalue weighted by Gasteiger charge is -2.39. The van der Waals surface area contributed by atoms with Crippen molar-refractivity contribution in [2.24, 2.45) is 0 Å². The molecule has 0 spiro atoms. The molecule has 4 heterocycles. The van der Waals surface area contributed by atoms with Crippen LogP contribution in [0.3, 0.4) is 0 Å². The topological polar surface area (TPSA) is 86.9 Å². The number of fused-ring (bicyclic) bond motifs is 3. The molecule has 2 aromatic heterocycles. The van der Waals surface area contributed by atoms with Crippen molar-refractivity contribution in [3.8, 4) is 0 Å². The first-order valence-electron chi connectivity index (χ1n) is 7.40. The summed E-state index contributed by atoms with van der Waals surface area (Å²) < 4.78 is 39.5. The van der Waals surface area contributed by atoms with Gasteiger partial charge < -0.3 is 10.0 Å². The van der Waals surface area contributed by atoms with Crippen LogP contribution >= 0.6 is 0 Å². The fraction of sp³-hybridized carbons (Fsp3) is 0.538. The third-order valence-corrected chi connectivity index (χ3v) is 4.53. The minimum atomic E-state index is -4.65. The van der Waals surface area contributed by atoms with Crippen LogP contribution in [0.5, 0.6) is 0 Å². The SMILES string of the molecule is O=C(O)N1[C@@H]2CC[C@H]1CN(c1ccc3nnc(C(F)(F)F)n3n1)C2. The summed E-state index contributed by atoms with van der Waals surface area (Å²) in [5.41, 5.74) is 0.0122. The normalized spacial score (nSPS) is 24.0. The highest BCUT2D eigenvalue weighted by Crippen LogP contribution is 2.33. The number of aromatic nitrogens is 4. The van der Waals surface area contributed by atoms with Crippen molar-refractivity contribution in [3.63, 3.8) is 0 Å². The van der Waals surface area contributed by atoms with E-state index in [-0.39, 0.29) is 17.7 Å². The molecule has 2 saturated heterocycles. The third kappa shape index (κ3) is 2.22. The number of nitrogens with zero attached hydrogens (tertiary/aromatic N) is 6. The van der Waals surface area contributed by atoms with Crippen molar-refractivity contribution < 1.29 is 23.1 Å². The molecule has 2 aromatic rings. The van der Waals surface area contributed by atoms with E-state index in [0.29, 0.717) is 23.4 Å². The number of halogens is 3. The molecular weight excluding hydrogens is 329 g/mol. The van der Waals surface area contributed by atoms with E-state index >= 15 is 0 Å². The molecule has 0 saturated carbocycles. The largest absolute Gasteiger partial charge is 0.465 e. The molecule has 24 heavy (non-hydrogen) atoms. The van der Waals surface area contributed by atoms with Gasteiger partial charge >= 0.3 is 12.3 Å².